The van der Waals surface area contributed by atoms with Gasteiger partial charge in [0.1, 0.15) is 0 Å². The Morgan fingerprint density at radius 1 is 1.11 bits per heavy atom. The fraction of sp³-hybridized carbons (Fsp3) is 0.600. The summed E-state index contributed by atoms with van der Waals surface area (Å²) in [6.07, 6.45) is 3.65. The van der Waals surface area contributed by atoms with Crippen molar-refractivity contribution in [3.63, 3.8) is 0 Å². The zero-order valence-corrected chi connectivity index (χ0v) is 12.6. The van der Waals surface area contributed by atoms with Crippen LogP contribution in [-0.2, 0) is 9.84 Å². The highest BCUT2D eigenvalue weighted by Crippen LogP contribution is 2.17. The van der Waals surface area contributed by atoms with Gasteiger partial charge in [0.25, 0.3) is 0 Å². The molecule has 1 aliphatic heterocycles. The third-order valence-corrected chi connectivity index (χ3v) is 5.77. The minimum Gasteiger partial charge on any atom is -0.300 e. The summed E-state index contributed by atoms with van der Waals surface area (Å²) in [6, 6.07) is 7.25. The molecule has 0 spiro atoms. The van der Waals surface area contributed by atoms with Crippen LogP contribution in [0.3, 0.4) is 0 Å². The van der Waals surface area contributed by atoms with E-state index in [0.29, 0.717) is 4.90 Å². The normalized spacial score (nSPS) is 19.3. The van der Waals surface area contributed by atoms with E-state index in [1.54, 1.807) is 12.1 Å². The van der Waals surface area contributed by atoms with Crippen LogP contribution >= 0.6 is 0 Å². The maximum atomic E-state index is 12.4. The van der Waals surface area contributed by atoms with Gasteiger partial charge in [-0.05, 0) is 51.9 Å². The summed E-state index contributed by atoms with van der Waals surface area (Å²) < 4.78 is 24.7. The zero-order chi connectivity index (χ0) is 13.9. The third kappa shape index (κ3) is 3.80. The van der Waals surface area contributed by atoms with Gasteiger partial charge in [0, 0.05) is 6.04 Å². The van der Waals surface area contributed by atoms with Gasteiger partial charge in [-0.3, -0.25) is 4.90 Å². The summed E-state index contributed by atoms with van der Waals surface area (Å²) >= 11 is 0. The van der Waals surface area contributed by atoms with Crippen LogP contribution in [0.1, 0.15) is 31.7 Å². The van der Waals surface area contributed by atoms with Gasteiger partial charge in [-0.2, -0.15) is 0 Å². The van der Waals surface area contributed by atoms with Gasteiger partial charge in [0.15, 0.2) is 9.84 Å². The van der Waals surface area contributed by atoms with Crippen molar-refractivity contribution in [2.24, 2.45) is 0 Å². The maximum Gasteiger partial charge on any atom is 0.179 e. The number of hydrogen-bond acceptors (Lipinski definition) is 3. The molecule has 1 heterocycles. The Balaban J connectivity index is 2.05. The molecule has 0 amide bonds. The van der Waals surface area contributed by atoms with Crippen molar-refractivity contribution in [1.29, 1.82) is 0 Å². The first-order valence-electron chi connectivity index (χ1n) is 7.02. The topological polar surface area (TPSA) is 37.4 Å². The van der Waals surface area contributed by atoms with E-state index in [4.69, 9.17) is 0 Å². The van der Waals surface area contributed by atoms with Crippen LogP contribution < -0.4 is 0 Å². The molecule has 0 unspecified atom stereocenters. The van der Waals surface area contributed by atoms with Gasteiger partial charge in [-0.1, -0.05) is 24.1 Å². The fourth-order valence-electron chi connectivity index (χ4n) is 2.62. The van der Waals surface area contributed by atoms with E-state index in [2.05, 4.69) is 4.90 Å². The highest BCUT2D eigenvalue weighted by Gasteiger charge is 2.23. The SMILES string of the molecule is Cc1ccc(S(=O)(=O)C[C@@H](C)N2CCCCC2)cc1. The van der Waals surface area contributed by atoms with Gasteiger partial charge in [-0.15, -0.1) is 0 Å². The summed E-state index contributed by atoms with van der Waals surface area (Å²) in [6.45, 7) is 6.05. The number of nitrogens with zero attached hydrogens (tertiary/aromatic N) is 1. The molecule has 1 aromatic rings. The molecule has 4 heteroatoms. The van der Waals surface area contributed by atoms with Crippen molar-refractivity contribution in [3.8, 4) is 0 Å². The van der Waals surface area contributed by atoms with Crippen molar-refractivity contribution < 1.29 is 8.42 Å². The second-order valence-electron chi connectivity index (χ2n) is 5.54. The lowest BCUT2D eigenvalue weighted by atomic mass is 10.1. The summed E-state index contributed by atoms with van der Waals surface area (Å²) in [5.41, 5.74) is 1.09. The minimum absolute atomic E-state index is 0.103. The molecule has 0 radical (unpaired) electrons. The average molecular weight is 281 g/mol. The average Bonchev–Trinajstić information content (AvgIpc) is 2.40. The second-order valence-corrected chi connectivity index (χ2v) is 7.57. The Kier molecular flexibility index (Phi) is 4.63. The fourth-order valence-corrected chi connectivity index (χ4v) is 4.21. The van der Waals surface area contributed by atoms with E-state index >= 15 is 0 Å². The standard InChI is InChI=1S/C15H23NO2S/c1-13-6-8-15(9-7-13)19(17,18)12-14(2)16-10-4-3-5-11-16/h6-9,14H,3-5,10-12H2,1-2H3/t14-/m1/s1. The van der Waals surface area contributed by atoms with Crippen LogP contribution in [0.2, 0.25) is 0 Å². The number of hydrogen-bond donors (Lipinski definition) is 0. The van der Waals surface area contributed by atoms with Crippen molar-refractivity contribution in [2.75, 3.05) is 18.8 Å². The highest BCUT2D eigenvalue weighted by molar-refractivity contribution is 7.91. The quantitative estimate of drug-likeness (QED) is 0.851. The Labute approximate surface area is 116 Å². The lowest BCUT2D eigenvalue weighted by Crippen LogP contribution is -2.41. The third-order valence-electron chi connectivity index (χ3n) is 3.85. The molecule has 106 valence electrons. The molecule has 1 atom stereocenters. The number of piperidine rings is 1. The number of likely N-dealkylation sites (tertiary alicyclic amines) is 1. The van der Waals surface area contributed by atoms with Crippen LogP contribution in [0, 0.1) is 6.92 Å². The van der Waals surface area contributed by atoms with Crippen molar-refractivity contribution >= 4 is 9.84 Å². The molecule has 1 fully saturated rings. The van der Waals surface area contributed by atoms with Gasteiger partial charge in [0.05, 0.1) is 10.6 Å². The summed E-state index contributed by atoms with van der Waals surface area (Å²) in [5.74, 6) is 0.218. The molecule has 1 aromatic carbocycles. The van der Waals surface area contributed by atoms with Crippen LogP contribution in [-0.4, -0.2) is 38.2 Å². The van der Waals surface area contributed by atoms with Gasteiger partial charge >= 0.3 is 0 Å². The summed E-state index contributed by atoms with van der Waals surface area (Å²) in [7, 11) is -3.17. The highest BCUT2D eigenvalue weighted by atomic mass is 32.2. The minimum atomic E-state index is -3.17. The van der Waals surface area contributed by atoms with E-state index in [9.17, 15) is 8.42 Å². The Bertz CT molecular complexity index is 501. The van der Waals surface area contributed by atoms with Gasteiger partial charge in [-0.25, -0.2) is 8.42 Å². The molecule has 0 N–H and O–H groups in total. The molecule has 0 aliphatic carbocycles. The second kappa shape index (κ2) is 6.06. The molecule has 0 saturated carbocycles. The van der Waals surface area contributed by atoms with Crippen LogP contribution in [0.15, 0.2) is 29.2 Å². The predicted molar refractivity (Wildman–Crippen MR) is 78.1 cm³/mol. The number of rotatable bonds is 4. The van der Waals surface area contributed by atoms with Crippen LogP contribution in [0.25, 0.3) is 0 Å². The summed E-state index contributed by atoms with van der Waals surface area (Å²) in [4.78, 5) is 2.75. The zero-order valence-electron chi connectivity index (χ0n) is 11.8. The maximum absolute atomic E-state index is 12.4. The molecule has 1 aliphatic rings. The smallest absolute Gasteiger partial charge is 0.179 e. The first-order chi connectivity index (χ1) is 8.99. The molecule has 0 bridgehead atoms. The molecule has 3 nitrogen and oxygen atoms in total. The lowest BCUT2D eigenvalue weighted by molar-refractivity contribution is 0.186. The van der Waals surface area contributed by atoms with E-state index in [0.717, 1.165) is 18.7 Å². The van der Waals surface area contributed by atoms with Gasteiger partial charge in [0.2, 0.25) is 0 Å². The molecular weight excluding hydrogens is 258 g/mol. The molecular formula is C15H23NO2S. The molecule has 0 aromatic heterocycles. The molecule has 1 saturated heterocycles. The number of benzene rings is 1. The molecule has 19 heavy (non-hydrogen) atoms. The van der Waals surface area contributed by atoms with Crippen molar-refractivity contribution in [3.05, 3.63) is 29.8 Å². The van der Waals surface area contributed by atoms with Crippen LogP contribution in [0.5, 0.6) is 0 Å². The van der Waals surface area contributed by atoms with Crippen molar-refractivity contribution in [2.45, 2.75) is 44.0 Å². The van der Waals surface area contributed by atoms with E-state index in [1.165, 1.54) is 19.3 Å². The first kappa shape index (κ1) is 14.5. The Morgan fingerprint density at radius 3 is 2.26 bits per heavy atom. The van der Waals surface area contributed by atoms with Crippen LogP contribution in [0.4, 0.5) is 0 Å². The lowest BCUT2D eigenvalue weighted by Gasteiger charge is -2.32. The van der Waals surface area contributed by atoms with Gasteiger partial charge < -0.3 is 0 Å². The number of sulfone groups is 1. The Hall–Kier alpha value is -0.870. The summed E-state index contributed by atoms with van der Waals surface area (Å²) in [5, 5.41) is 0. The van der Waals surface area contributed by atoms with Crippen molar-refractivity contribution in [1.82, 2.24) is 4.90 Å². The first-order valence-corrected chi connectivity index (χ1v) is 8.68. The van der Waals surface area contributed by atoms with E-state index in [-0.39, 0.29) is 11.8 Å². The predicted octanol–water partition coefficient (Wildman–Crippen LogP) is 2.64. The van der Waals surface area contributed by atoms with E-state index < -0.39 is 9.84 Å². The molecule has 2 rings (SSSR count). The Morgan fingerprint density at radius 2 is 1.68 bits per heavy atom. The largest absolute Gasteiger partial charge is 0.300 e. The van der Waals surface area contributed by atoms with E-state index in [1.807, 2.05) is 26.0 Å². The number of aryl methyl sites for hydroxylation is 1. The monoisotopic (exact) mass is 281 g/mol.